The molecule has 3 aromatic heterocycles. The van der Waals surface area contributed by atoms with Crippen LogP contribution in [0.1, 0.15) is 43.4 Å². The Morgan fingerprint density at radius 3 is 2.83 bits per heavy atom. The second-order valence-electron chi connectivity index (χ2n) is 9.54. The van der Waals surface area contributed by atoms with Crippen LogP contribution in [-0.2, 0) is 4.74 Å². The number of aliphatic hydroxyl groups is 1. The molecule has 1 aromatic carbocycles. The van der Waals surface area contributed by atoms with Crippen molar-refractivity contribution in [3.8, 4) is 5.75 Å². The van der Waals surface area contributed by atoms with Gasteiger partial charge in [0.25, 0.3) is 0 Å². The molecule has 4 heterocycles. The predicted octanol–water partition coefficient (Wildman–Crippen LogP) is 3.94. The zero-order chi connectivity index (χ0) is 24.8. The molecule has 188 valence electrons. The van der Waals surface area contributed by atoms with E-state index in [2.05, 4.69) is 20.3 Å². The normalized spacial score (nSPS) is 24.6. The smallest absolute Gasteiger partial charge is 0.173 e. The molecule has 6 rings (SSSR count). The number of ether oxygens (including phenoxy) is 2. The zero-order valence-electron chi connectivity index (χ0n) is 20.0. The maximum Gasteiger partial charge on any atom is 0.173 e. The number of hydrogen-bond acceptors (Lipinski definition) is 8. The van der Waals surface area contributed by atoms with E-state index in [1.807, 2.05) is 43.6 Å². The van der Waals surface area contributed by atoms with Gasteiger partial charge in [-0.25, -0.2) is 19.3 Å². The van der Waals surface area contributed by atoms with Crippen molar-refractivity contribution in [3.63, 3.8) is 0 Å². The van der Waals surface area contributed by atoms with E-state index in [9.17, 15) is 5.11 Å². The van der Waals surface area contributed by atoms with Gasteiger partial charge in [0.2, 0.25) is 0 Å². The van der Waals surface area contributed by atoms with Crippen LogP contribution in [0.3, 0.4) is 0 Å². The van der Waals surface area contributed by atoms with Crippen LogP contribution >= 0.6 is 0 Å². The molecule has 1 aliphatic carbocycles. The van der Waals surface area contributed by atoms with Crippen LogP contribution in [0, 0.1) is 0 Å². The van der Waals surface area contributed by atoms with E-state index >= 15 is 4.39 Å². The Bertz CT molecular complexity index is 1410. The van der Waals surface area contributed by atoms with Gasteiger partial charge in [-0.05, 0) is 48.6 Å². The van der Waals surface area contributed by atoms with E-state index < -0.39 is 24.6 Å². The molecule has 4 N–H and O–H groups in total. The van der Waals surface area contributed by atoms with Gasteiger partial charge in [-0.15, -0.1) is 0 Å². The summed E-state index contributed by atoms with van der Waals surface area (Å²) in [7, 11) is 1.81. The van der Waals surface area contributed by atoms with Crippen molar-refractivity contribution in [2.75, 3.05) is 24.7 Å². The van der Waals surface area contributed by atoms with Gasteiger partial charge in [0.15, 0.2) is 12.4 Å². The third-order valence-electron chi connectivity index (χ3n) is 7.36. The highest BCUT2D eigenvalue weighted by molar-refractivity contribution is 5.90. The van der Waals surface area contributed by atoms with Gasteiger partial charge in [-0.1, -0.05) is 12.8 Å². The molecule has 0 unspecified atom stereocenters. The van der Waals surface area contributed by atoms with Crippen molar-refractivity contribution in [3.05, 3.63) is 48.4 Å². The number of nitrogen functional groups attached to an aromatic ring is 1. The Hall–Kier alpha value is -3.50. The summed E-state index contributed by atoms with van der Waals surface area (Å²) in [5, 5.41) is 15.4. The van der Waals surface area contributed by atoms with Crippen LogP contribution in [0.4, 0.5) is 16.0 Å². The minimum atomic E-state index is -1.65. The Morgan fingerprint density at radius 1 is 1.22 bits per heavy atom. The van der Waals surface area contributed by atoms with E-state index in [0.717, 1.165) is 53.4 Å². The quantitative estimate of drug-likeness (QED) is 0.370. The number of pyridine rings is 1. The standard InChI is InChI=1S/C26H29FN6O3/c1-29-20-9-7-15-6-8-16(10-18(15)32-20)35-12-19-23(34)22(27)26(36-19)33-11-17(14-4-2-3-5-14)21-24(28)30-13-31-25(21)33/h6-11,13-14,19,22-23,26,34H,2-5,12H2,1H3,(H,29,32)(H2,28,30,31)/t19-,22+,23-,26-/m1/s1. The highest BCUT2D eigenvalue weighted by Gasteiger charge is 2.46. The highest BCUT2D eigenvalue weighted by atomic mass is 19.1. The number of alkyl halides is 1. The Labute approximate surface area is 207 Å². The molecule has 2 aliphatic rings. The molecular weight excluding hydrogens is 463 g/mol. The number of halogens is 1. The van der Waals surface area contributed by atoms with Crippen LogP contribution in [0.5, 0.6) is 5.75 Å². The molecule has 0 spiro atoms. The maximum absolute atomic E-state index is 15.4. The monoisotopic (exact) mass is 492 g/mol. The van der Waals surface area contributed by atoms with Gasteiger partial charge in [-0.3, -0.25) is 0 Å². The summed E-state index contributed by atoms with van der Waals surface area (Å²) in [5.41, 5.74) is 8.53. The summed E-state index contributed by atoms with van der Waals surface area (Å²) in [6, 6.07) is 9.41. The van der Waals surface area contributed by atoms with Gasteiger partial charge >= 0.3 is 0 Å². The predicted molar refractivity (Wildman–Crippen MR) is 135 cm³/mol. The van der Waals surface area contributed by atoms with Gasteiger partial charge < -0.3 is 30.2 Å². The number of benzene rings is 1. The van der Waals surface area contributed by atoms with Crippen LogP contribution in [-0.4, -0.2) is 56.7 Å². The summed E-state index contributed by atoms with van der Waals surface area (Å²) in [6.45, 7) is -0.0128. The molecule has 0 bridgehead atoms. The van der Waals surface area contributed by atoms with Crippen molar-refractivity contribution in [1.29, 1.82) is 0 Å². The lowest BCUT2D eigenvalue weighted by atomic mass is 9.98. The lowest BCUT2D eigenvalue weighted by Crippen LogP contribution is -2.32. The minimum Gasteiger partial charge on any atom is -0.491 e. The van der Waals surface area contributed by atoms with Crippen LogP contribution in [0.25, 0.3) is 21.9 Å². The third kappa shape index (κ3) is 3.90. The molecular formula is C26H29FN6O3. The summed E-state index contributed by atoms with van der Waals surface area (Å²) in [5.74, 6) is 2.02. The van der Waals surface area contributed by atoms with Gasteiger partial charge in [-0.2, -0.15) is 0 Å². The van der Waals surface area contributed by atoms with Gasteiger partial charge in [0, 0.05) is 24.7 Å². The number of nitrogens with two attached hydrogens (primary N) is 1. The first-order valence-electron chi connectivity index (χ1n) is 12.3. The van der Waals surface area contributed by atoms with Crippen molar-refractivity contribution in [1.82, 2.24) is 19.5 Å². The lowest BCUT2D eigenvalue weighted by molar-refractivity contribution is -0.0411. The largest absolute Gasteiger partial charge is 0.491 e. The highest BCUT2D eigenvalue weighted by Crippen LogP contribution is 2.42. The summed E-state index contributed by atoms with van der Waals surface area (Å²) >= 11 is 0. The third-order valence-corrected chi connectivity index (χ3v) is 7.36. The molecule has 0 radical (unpaired) electrons. The van der Waals surface area contributed by atoms with Crippen molar-refractivity contribution < 1.29 is 19.0 Å². The Kier molecular flexibility index (Phi) is 5.85. The molecule has 1 aliphatic heterocycles. The van der Waals surface area contributed by atoms with Crippen molar-refractivity contribution >= 4 is 33.6 Å². The van der Waals surface area contributed by atoms with Crippen molar-refractivity contribution in [2.24, 2.45) is 0 Å². The molecule has 9 nitrogen and oxygen atoms in total. The number of anilines is 2. The van der Waals surface area contributed by atoms with Crippen molar-refractivity contribution in [2.45, 2.75) is 56.2 Å². The first kappa shape index (κ1) is 22.9. The lowest BCUT2D eigenvalue weighted by Gasteiger charge is -2.17. The molecule has 36 heavy (non-hydrogen) atoms. The second-order valence-corrected chi connectivity index (χ2v) is 9.54. The van der Waals surface area contributed by atoms with Crippen LogP contribution < -0.4 is 15.8 Å². The van der Waals surface area contributed by atoms with E-state index in [1.54, 1.807) is 4.57 Å². The number of nitrogens with zero attached hydrogens (tertiary/aromatic N) is 4. The molecule has 10 heteroatoms. The summed E-state index contributed by atoms with van der Waals surface area (Å²) in [4.78, 5) is 13.1. The van der Waals surface area contributed by atoms with Crippen LogP contribution in [0.15, 0.2) is 42.9 Å². The fraction of sp³-hybridized carbons (Fsp3) is 0.423. The number of rotatable bonds is 6. The summed E-state index contributed by atoms with van der Waals surface area (Å²) in [6.07, 6.45) is 2.74. The van der Waals surface area contributed by atoms with Crippen LogP contribution in [0.2, 0.25) is 0 Å². The first-order chi connectivity index (χ1) is 17.5. The maximum atomic E-state index is 15.4. The SMILES string of the molecule is CNc1ccc2ccc(OC[C@H]3O[C@@H](n4cc(C5CCCC5)c5c(N)ncnc54)[C@@H](F)[C@@H]3O)cc2n1. The number of fused-ring (bicyclic) bond motifs is 2. The molecule has 1 saturated carbocycles. The average Bonchev–Trinajstić information content (AvgIpc) is 3.62. The fourth-order valence-electron chi connectivity index (χ4n) is 5.45. The van der Waals surface area contributed by atoms with E-state index in [0.29, 0.717) is 23.1 Å². The minimum absolute atomic E-state index is 0.0128. The first-order valence-corrected chi connectivity index (χ1v) is 12.3. The molecule has 4 atom stereocenters. The number of aromatic nitrogens is 4. The topological polar surface area (TPSA) is 120 Å². The molecule has 1 saturated heterocycles. The second kappa shape index (κ2) is 9.18. The Morgan fingerprint density at radius 2 is 2.03 bits per heavy atom. The van der Waals surface area contributed by atoms with Gasteiger partial charge in [0.05, 0.1) is 10.9 Å². The fourth-order valence-corrected chi connectivity index (χ4v) is 5.45. The molecule has 4 aromatic rings. The molecule has 0 amide bonds. The zero-order valence-corrected chi connectivity index (χ0v) is 20.0. The van der Waals surface area contributed by atoms with E-state index in [-0.39, 0.29) is 6.61 Å². The number of aliphatic hydroxyl groups excluding tert-OH is 1. The number of nitrogens with one attached hydrogen (secondary N) is 1. The average molecular weight is 493 g/mol. The van der Waals surface area contributed by atoms with Gasteiger partial charge in [0.1, 0.15) is 48.2 Å². The van der Waals surface area contributed by atoms with E-state index in [1.165, 1.54) is 6.33 Å². The molecule has 2 fully saturated rings. The Balaban J connectivity index is 1.24. The number of hydrogen-bond donors (Lipinski definition) is 3. The summed E-state index contributed by atoms with van der Waals surface area (Å²) < 4.78 is 29.0. The van der Waals surface area contributed by atoms with E-state index in [4.69, 9.17) is 15.2 Å².